The van der Waals surface area contributed by atoms with Gasteiger partial charge in [-0.1, -0.05) is 46.6 Å². The second-order valence-corrected chi connectivity index (χ2v) is 5.60. The van der Waals surface area contributed by atoms with Crippen LogP contribution in [0, 0.1) is 0 Å². The first-order chi connectivity index (χ1) is 8.27. The number of halogens is 2. The van der Waals surface area contributed by atoms with Crippen LogP contribution in [0.15, 0.2) is 18.2 Å². The average Bonchev–Trinajstić information content (AvgIpc) is 2.38. The molecule has 1 aromatic rings. The fourth-order valence-corrected chi connectivity index (χ4v) is 3.46. The molecule has 0 aliphatic carbocycles. The molecule has 0 amide bonds. The summed E-state index contributed by atoms with van der Waals surface area (Å²) >= 11 is 9.97. The average molecular weight is 317 g/mol. The Bertz CT molecular complexity index is 380. The van der Waals surface area contributed by atoms with E-state index in [2.05, 4.69) is 33.8 Å². The second-order valence-electron chi connectivity index (χ2n) is 4.63. The van der Waals surface area contributed by atoms with E-state index in [0.29, 0.717) is 6.04 Å². The quantitative estimate of drug-likeness (QED) is 0.709. The van der Waals surface area contributed by atoms with Crippen molar-refractivity contribution in [2.45, 2.75) is 44.0 Å². The van der Waals surface area contributed by atoms with E-state index in [9.17, 15) is 0 Å². The molecular weight excluding hydrogens is 298 g/mol. The van der Waals surface area contributed by atoms with Crippen molar-refractivity contribution < 1.29 is 0 Å². The number of nitrogens with zero attached hydrogens (tertiary/aromatic N) is 1. The summed E-state index contributed by atoms with van der Waals surface area (Å²) in [6.07, 6.45) is 5.13. The summed E-state index contributed by atoms with van der Waals surface area (Å²) in [7, 11) is 0. The van der Waals surface area contributed by atoms with Crippen LogP contribution in [-0.4, -0.2) is 12.6 Å². The summed E-state index contributed by atoms with van der Waals surface area (Å²) in [6, 6.07) is 6.86. The molecule has 0 spiro atoms. The van der Waals surface area contributed by atoms with Crippen molar-refractivity contribution >= 4 is 33.2 Å². The molecule has 2 rings (SSSR count). The standard InChI is InChI=1S/C14H19BrClN/c1-2-12-7-3-4-9-17(12)14-11(10-15)6-5-8-13(14)16/h5-6,8,12H,2-4,7,9-10H2,1H3. The molecule has 1 atom stereocenters. The molecule has 1 aliphatic rings. The fraction of sp³-hybridized carbons (Fsp3) is 0.571. The van der Waals surface area contributed by atoms with Crippen molar-refractivity contribution in [1.82, 2.24) is 0 Å². The largest absolute Gasteiger partial charge is 0.367 e. The van der Waals surface area contributed by atoms with E-state index in [1.165, 1.54) is 36.9 Å². The van der Waals surface area contributed by atoms with Gasteiger partial charge in [-0.25, -0.2) is 0 Å². The molecular formula is C14H19BrClN. The van der Waals surface area contributed by atoms with E-state index < -0.39 is 0 Å². The Morgan fingerprint density at radius 1 is 1.41 bits per heavy atom. The van der Waals surface area contributed by atoms with Crippen molar-refractivity contribution in [1.29, 1.82) is 0 Å². The van der Waals surface area contributed by atoms with Crippen LogP contribution in [0.4, 0.5) is 5.69 Å². The van der Waals surface area contributed by atoms with Gasteiger partial charge in [0.1, 0.15) is 0 Å². The van der Waals surface area contributed by atoms with E-state index in [-0.39, 0.29) is 0 Å². The lowest BCUT2D eigenvalue weighted by molar-refractivity contribution is 0.449. The Labute approximate surface area is 117 Å². The highest BCUT2D eigenvalue weighted by Crippen LogP contribution is 2.36. The van der Waals surface area contributed by atoms with E-state index in [1.54, 1.807) is 0 Å². The van der Waals surface area contributed by atoms with Crippen molar-refractivity contribution in [3.8, 4) is 0 Å². The summed E-state index contributed by atoms with van der Waals surface area (Å²) in [5.41, 5.74) is 2.55. The first-order valence-electron chi connectivity index (χ1n) is 6.38. The van der Waals surface area contributed by atoms with Crippen molar-refractivity contribution in [2.75, 3.05) is 11.4 Å². The third-order valence-corrected chi connectivity index (χ3v) is 4.51. The van der Waals surface area contributed by atoms with Crippen LogP contribution in [0.1, 0.15) is 38.2 Å². The zero-order valence-electron chi connectivity index (χ0n) is 10.3. The first kappa shape index (κ1) is 13.2. The van der Waals surface area contributed by atoms with E-state index >= 15 is 0 Å². The molecule has 1 saturated heterocycles. The monoisotopic (exact) mass is 315 g/mol. The SMILES string of the molecule is CCC1CCCCN1c1c(Cl)cccc1CBr. The number of hydrogen-bond donors (Lipinski definition) is 0. The number of para-hydroxylation sites is 1. The molecule has 94 valence electrons. The third-order valence-electron chi connectivity index (χ3n) is 3.60. The van der Waals surface area contributed by atoms with E-state index in [4.69, 9.17) is 11.6 Å². The van der Waals surface area contributed by atoms with E-state index in [1.807, 2.05) is 12.1 Å². The molecule has 1 fully saturated rings. The topological polar surface area (TPSA) is 3.24 Å². The van der Waals surface area contributed by atoms with E-state index in [0.717, 1.165) is 16.9 Å². The highest BCUT2D eigenvalue weighted by molar-refractivity contribution is 9.08. The fourth-order valence-electron chi connectivity index (χ4n) is 2.71. The molecule has 0 N–H and O–H groups in total. The summed E-state index contributed by atoms with van der Waals surface area (Å²) < 4.78 is 0. The summed E-state index contributed by atoms with van der Waals surface area (Å²) in [6.45, 7) is 3.41. The number of hydrogen-bond acceptors (Lipinski definition) is 1. The first-order valence-corrected chi connectivity index (χ1v) is 7.87. The van der Waals surface area contributed by atoms with Crippen LogP contribution in [-0.2, 0) is 5.33 Å². The van der Waals surface area contributed by atoms with Crippen LogP contribution in [0.3, 0.4) is 0 Å². The highest BCUT2D eigenvalue weighted by Gasteiger charge is 2.24. The van der Waals surface area contributed by atoms with Crippen LogP contribution in [0.5, 0.6) is 0 Å². The number of piperidine rings is 1. The molecule has 0 saturated carbocycles. The molecule has 1 nitrogen and oxygen atoms in total. The maximum absolute atomic E-state index is 6.40. The van der Waals surface area contributed by atoms with Crippen LogP contribution in [0.25, 0.3) is 0 Å². The zero-order chi connectivity index (χ0) is 12.3. The highest BCUT2D eigenvalue weighted by atomic mass is 79.9. The Balaban J connectivity index is 2.36. The normalized spacial score (nSPS) is 20.6. The van der Waals surface area contributed by atoms with Gasteiger partial charge in [0.2, 0.25) is 0 Å². The van der Waals surface area contributed by atoms with Crippen molar-refractivity contribution in [3.63, 3.8) is 0 Å². The molecule has 1 heterocycles. The number of benzene rings is 1. The predicted molar refractivity (Wildman–Crippen MR) is 79.4 cm³/mol. The smallest absolute Gasteiger partial charge is 0.0642 e. The lowest BCUT2D eigenvalue weighted by atomic mass is 9.98. The summed E-state index contributed by atoms with van der Waals surface area (Å²) in [4.78, 5) is 2.52. The lowest BCUT2D eigenvalue weighted by Gasteiger charge is -2.38. The number of rotatable bonds is 3. The van der Waals surface area contributed by atoms with Crippen molar-refractivity contribution in [3.05, 3.63) is 28.8 Å². The minimum absolute atomic E-state index is 0.654. The minimum Gasteiger partial charge on any atom is -0.367 e. The molecule has 3 heteroatoms. The molecule has 1 aromatic carbocycles. The summed E-state index contributed by atoms with van der Waals surface area (Å²) in [5, 5.41) is 1.76. The summed E-state index contributed by atoms with van der Waals surface area (Å²) in [5.74, 6) is 0. The van der Waals surface area contributed by atoms with Gasteiger partial charge in [-0.05, 0) is 37.3 Å². The predicted octanol–water partition coefficient (Wildman–Crippen LogP) is 5.00. The van der Waals surface area contributed by atoms with Crippen molar-refractivity contribution in [2.24, 2.45) is 0 Å². The van der Waals surface area contributed by atoms with Gasteiger partial charge in [-0.15, -0.1) is 0 Å². The maximum atomic E-state index is 6.40. The van der Waals surface area contributed by atoms with Crippen LogP contribution < -0.4 is 4.90 Å². The van der Waals surface area contributed by atoms with Gasteiger partial charge < -0.3 is 4.90 Å². The van der Waals surface area contributed by atoms with Gasteiger partial charge in [-0.3, -0.25) is 0 Å². The Hall–Kier alpha value is -0.210. The second kappa shape index (κ2) is 6.10. The Morgan fingerprint density at radius 2 is 2.24 bits per heavy atom. The maximum Gasteiger partial charge on any atom is 0.0642 e. The van der Waals surface area contributed by atoms with Gasteiger partial charge in [0.25, 0.3) is 0 Å². The van der Waals surface area contributed by atoms with Crippen LogP contribution in [0.2, 0.25) is 5.02 Å². The molecule has 1 unspecified atom stereocenters. The zero-order valence-corrected chi connectivity index (χ0v) is 12.6. The molecule has 0 radical (unpaired) electrons. The molecule has 0 bridgehead atoms. The minimum atomic E-state index is 0.654. The number of anilines is 1. The van der Waals surface area contributed by atoms with Gasteiger partial charge in [0.05, 0.1) is 10.7 Å². The van der Waals surface area contributed by atoms with Crippen LogP contribution >= 0.6 is 27.5 Å². The number of alkyl halides is 1. The van der Waals surface area contributed by atoms with Gasteiger partial charge in [0.15, 0.2) is 0 Å². The molecule has 0 aromatic heterocycles. The lowest BCUT2D eigenvalue weighted by Crippen LogP contribution is -2.39. The Morgan fingerprint density at radius 3 is 2.94 bits per heavy atom. The Kier molecular flexibility index (Phi) is 4.75. The van der Waals surface area contributed by atoms with Gasteiger partial charge in [0, 0.05) is 17.9 Å². The van der Waals surface area contributed by atoms with Gasteiger partial charge in [-0.2, -0.15) is 0 Å². The third kappa shape index (κ3) is 2.79. The molecule has 1 aliphatic heterocycles. The molecule has 17 heavy (non-hydrogen) atoms. The van der Waals surface area contributed by atoms with Gasteiger partial charge >= 0.3 is 0 Å².